The van der Waals surface area contributed by atoms with E-state index in [4.69, 9.17) is 9.47 Å². The van der Waals surface area contributed by atoms with Crippen molar-refractivity contribution >= 4 is 44.1 Å². The predicted molar refractivity (Wildman–Crippen MR) is 135 cm³/mol. The molecule has 2 heterocycles. The van der Waals surface area contributed by atoms with Crippen LogP contribution in [-0.2, 0) is 9.59 Å². The number of fused-ring (bicyclic) bond motifs is 1. The minimum Gasteiger partial charge on any atom is -0.507 e. The van der Waals surface area contributed by atoms with Crippen LogP contribution in [0.4, 0.5) is 13.9 Å². The number of hydrogen-bond donors (Lipinski definition) is 1. The second-order valence-electron chi connectivity index (χ2n) is 8.38. The first kappa shape index (κ1) is 24.4. The maximum absolute atomic E-state index is 13.9. The van der Waals surface area contributed by atoms with E-state index in [9.17, 15) is 23.5 Å². The highest BCUT2D eigenvalue weighted by molar-refractivity contribution is 7.22. The third-order valence-electron chi connectivity index (χ3n) is 6.09. The number of carbonyl (C=O) groups is 2. The van der Waals surface area contributed by atoms with E-state index in [-0.39, 0.29) is 27.5 Å². The number of hydrogen-bond acceptors (Lipinski definition) is 7. The van der Waals surface area contributed by atoms with E-state index in [0.717, 1.165) is 33.9 Å². The molecule has 0 radical (unpaired) electrons. The van der Waals surface area contributed by atoms with Gasteiger partial charge < -0.3 is 14.6 Å². The van der Waals surface area contributed by atoms with E-state index in [2.05, 4.69) is 4.98 Å². The number of halogens is 2. The maximum Gasteiger partial charge on any atom is 0.301 e. The number of aromatic nitrogens is 1. The summed E-state index contributed by atoms with van der Waals surface area (Å²) in [6, 6.07) is 12.7. The lowest BCUT2D eigenvalue weighted by molar-refractivity contribution is -0.132. The van der Waals surface area contributed by atoms with Crippen molar-refractivity contribution in [3.8, 4) is 11.5 Å². The summed E-state index contributed by atoms with van der Waals surface area (Å²) in [5.74, 6) is -3.80. The maximum atomic E-state index is 13.9. The number of aliphatic hydroxyl groups is 1. The van der Waals surface area contributed by atoms with E-state index >= 15 is 0 Å². The molecule has 3 aromatic carbocycles. The van der Waals surface area contributed by atoms with E-state index < -0.39 is 35.1 Å². The molecule has 1 saturated heterocycles. The van der Waals surface area contributed by atoms with Gasteiger partial charge in [0.1, 0.15) is 17.3 Å². The number of rotatable bonds is 5. The number of aliphatic hydroxyl groups excluding tert-OH is 1. The van der Waals surface area contributed by atoms with Gasteiger partial charge in [0.25, 0.3) is 5.78 Å². The summed E-state index contributed by atoms with van der Waals surface area (Å²) in [5.41, 5.74) is 1.51. The molecule has 1 aromatic heterocycles. The molecule has 10 heteroatoms. The van der Waals surface area contributed by atoms with Crippen molar-refractivity contribution in [2.45, 2.75) is 13.0 Å². The molecule has 0 saturated carbocycles. The minimum absolute atomic E-state index is 0.0604. The average molecular weight is 523 g/mol. The Hall–Kier alpha value is -4.31. The Morgan fingerprint density at radius 1 is 1.03 bits per heavy atom. The first-order valence-corrected chi connectivity index (χ1v) is 11.9. The number of Topliss-reactive ketones (excluding diaryl/α,β-unsaturated/α-hetero) is 1. The Balaban J connectivity index is 1.77. The minimum atomic E-state index is -1.08. The summed E-state index contributed by atoms with van der Waals surface area (Å²) in [4.78, 5) is 32.3. The Labute approximate surface area is 214 Å². The molecule has 1 atom stereocenters. The second-order valence-corrected chi connectivity index (χ2v) is 9.39. The van der Waals surface area contributed by atoms with Gasteiger partial charge in [-0.3, -0.25) is 14.5 Å². The third-order valence-corrected chi connectivity index (χ3v) is 7.11. The van der Waals surface area contributed by atoms with Crippen LogP contribution >= 0.6 is 11.3 Å². The Bertz CT molecular complexity index is 1570. The number of methoxy groups -OCH3 is 2. The van der Waals surface area contributed by atoms with Crippen LogP contribution in [0.2, 0.25) is 0 Å². The lowest BCUT2D eigenvalue weighted by Gasteiger charge is -2.23. The van der Waals surface area contributed by atoms with Crippen molar-refractivity contribution < 1.29 is 33.0 Å². The molecule has 0 aliphatic carbocycles. The Kier molecular flexibility index (Phi) is 6.12. The number of carbonyl (C=O) groups excluding carboxylic acids is 2. The molecule has 0 bridgehead atoms. The van der Waals surface area contributed by atoms with Crippen molar-refractivity contribution in [3.05, 3.63) is 88.5 Å². The molecule has 1 aliphatic heterocycles. The van der Waals surface area contributed by atoms with Crippen LogP contribution in [-0.4, -0.2) is 36.0 Å². The van der Waals surface area contributed by atoms with Gasteiger partial charge in [-0.2, -0.15) is 0 Å². The molecule has 188 valence electrons. The fourth-order valence-corrected chi connectivity index (χ4v) is 5.34. The van der Waals surface area contributed by atoms with E-state index in [1.807, 2.05) is 13.0 Å². The van der Waals surface area contributed by atoms with Crippen molar-refractivity contribution in [1.29, 1.82) is 0 Å². The summed E-state index contributed by atoms with van der Waals surface area (Å²) >= 11 is 0.935. The number of ketones is 1. The van der Waals surface area contributed by atoms with Gasteiger partial charge in [-0.1, -0.05) is 41.2 Å². The topological polar surface area (TPSA) is 89.0 Å². The normalized spacial score (nSPS) is 17.0. The standard InChI is InChI=1S/C27H20F2N2O5S/c1-13-5-4-6-14(9-13)23-22(24(32)16-10-15(35-2)7-8-20(16)36-3)25(33)26(34)31(23)27-30-19-11-17(28)18(29)12-21(19)37-27/h4-12,23,32H,1-3H3/b24-22+. The highest BCUT2D eigenvalue weighted by Crippen LogP contribution is 2.45. The van der Waals surface area contributed by atoms with Crippen LogP contribution in [0.1, 0.15) is 22.7 Å². The number of anilines is 1. The SMILES string of the molecule is COc1ccc(OC)c(/C(O)=C2\C(=O)C(=O)N(c3nc4cc(F)c(F)cc4s3)C2c2cccc(C)c2)c1. The van der Waals surface area contributed by atoms with Gasteiger partial charge in [-0.05, 0) is 36.8 Å². The molecule has 1 amide bonds. The molecule has 37 heavy (non-hydrogen) atoms. The van der Waals surface area contributed by atoms with Crippen molar-refractivity contribution in [2.24, 2.45) is 0 Å². The number of thiazole rings is 1. The number of amides is 1. The Morgan fingerprint density at radius 3 is 2.49 bits per heavy atom. The number of ether oxygens (including phenoxy) is 2. The summed E-state index contributed by atoms with van der Waals surface area (Å²) in [6.07, 6.45) is 0. The quantitative estimate of drug-likeness (QED) is 0.211. The zero-order valence-electron chi connectivity index (χ0n) is 19.9. The second kappa shape index (κ2) is 9.29. The third kappa shape index (κ3) is 4.09. The highest BCUT2D eigenvalue weighted by atomic mass is 32.1. The van der Waals surface area contributed by atoms with Crippen molar-refractivity contribution in [2.75, 3.05) is 19.1 Å². The van der Waals surface area contributed by atoms with Gasteiger partial charge in [0, 0.05) is 6.07 Å². The van der Waals surface area contributed by atoms with E-state index in [1.165, 1.54) is 20.3 Å². The zero-order valence-corrected chi connectivity index (χ0v) is 20.7. The van der Waals surface area contributed by atoms with Gasteiger partial charge in [-0.25, -0.2) is 13.8 Å². The summed E-state index contributed by atoms with van der Waals surface area (Å²) < 4.78 is 38.6. The lowest BCUT2D eigenvalue weighted by Crippen LogP contribution is -2.29. The summed E-state index contributed by atoms with van der Waals surface area (Å²) in [7, 11) is 2.87. The lowest BCUT2D eigenvalue weighted by atomic mass is 9.94. The van der Waals surface area contributed by atoms with Crippen LogP contribution in [0, 0.1) is 18.6 Å². The van der Waals surface area contributed by atoms with E-state index in [1.54, 1.807) is 30.3 Å². The first-order valence-electron chi connectivity index (χ1n) is 11.1. The van der Waals surface area contributed by atoms with Crippen molar-refractivity contribution in [3.63, 3.8) is 0 Å². The first-order chi connectivity index (χ1) is 17.7. The van der Waals surface area contributed by atoms with Crippen LogP contribution in [0.15, 0.2) is 60.2 Å². The number of nitrogens with zero attached hydrogens (tertiary/aromatic N) is 2. The highest BCUT2D eigenvalue weighted by Gasteiger charge is 2.48. The van der Waals surface area contributed by atoms with Crippen LogP contribution in [0.25, 0.3) is 16.0 Å². The summed E-state index contributed by atoms with van der Waals surface area (Å²) in [6.45, 7) is 1.85. The molecule has 5 rings (SSSR count). The molecule has 1 N–H and O–H groups in total. The van der Waals surface area contributed by atoms with Crippen LogP contribution < -0.4 is 14.4 Å². The average Bonchev–Trinajstić information content (AvgIpc) is 3.40. The predicted octanol–water partition coefficient (Wildman–Crippen LogP) is 5.53. The van der Waals surface area contributed by atoms with Crippen molar-refractivity contribution in [1.82, 2.24) is 4.98 Å². The Morgan fingerprint density at radius 2 is 1.78 bits per heavy atom. The fourth-order valence-electron chi connectivity index (χ4n) is 4.34. The number of benzene rings is 3. The molecule has 7 nitrogen and oxygen atoms in total. The molecule has 1 aliphatic rings. The van der Waals surface area contributed by atoms with Gasteiger partial charge in [-0.15, -0.1) is 0 Å². The summed E-state index contributed by atoms with van der Waals surface area (Å²) in [5, 5.41) is 11.5. The molecule has 1 unspecified atom stereocenters. The van der Waals surface area contributed by atoms with Gasteiger partial charge in [0.05, 0.1) is 41.6 Å². The fraction of sp³-hybridized carbons (Fsp3) is 0.148. The van der Waals surface area contributed by atoms with Gasteiger partial charge >= 0.3 is 5.91 Å². The number of aryl methyl sites for hydroxylation is 1. The zero-order chi connectivity index (χ0) is 26.4. The molecular formula is C27H20F2N2O5S. The van der Waals surface area contributed by atoms with Gasteiger partial charge in [0.2, 0.25) is 0 Å². The molecule has 4 aromatic rings. The molecule has 1 fully saturated rings. The largest absolute Gasteiger partial charge is 0.507 e. The van der Waals surface area contributed by atoms with E-state index in [0.29, 0.717) is 16.0 Å². The van der Waals surface area contributed by atoms with Crippen LogP contribution in [0.5, 0.6) is 11.5 Å². The van der Waals surface area contributed by atoms with Crippen LogP contribution in [0.3, 0.4) is 0 Å². The molecule has 0 spiro atoms. The molecular weight excluding hydrogens is 502 g/mol. The smallest absolute Gasteiger partial charge is 0.301 e. The van der Waals surface area contributed by atoms with Gasteiger partial charge in [0.15, 0.2) is 16.8 Å². The monoisotopic (exact) mass is 522 g/mol.